The van der Waals surface area contributed by atoms with Crippen LogP contribution in [0.25, 0.3) is 0 Å². The number of hydrogen-bond donors (Lipinski definition) is 2. The van der Waals surface area contributed by atoms with Gasteiger partial charge in [0.15, 0.2) is 5.76 Å². The highest BCUT2D eigenvalue weighted by molar-refractivity contribution is 7.89. The average molecular weight is 272 g/mol. The normalized spacial score (nSPS) is 21.7. The van der Waals surface area contributed by atoms with E-state index in [-0.39, 0.29) is 27.9 Å². The number of amides is 1. The first-order valence-corrected chi connectivity index (χ1v) is 7.10. The number of rotatable bonds is 3. The Kier molecular flexibility index (Phi) is 2.78. The molecule has 3 N–H and O–H groups in total. The minimum absolute atomic E-state index is 0.0285. The lowest BCUT2D eigenvalue weighted by atomic mass is 10.2. The molecule has 100 valence electrons. The van der Waals surface area contributed by atoms with E-state index in [2.05, 4.69) is 5.32 Å². The Hall–Kier alpha value is -1.34. The molecule has 1 fully saturated rings. The van der Waals surface area contributed by atoms with E-state index < -0.39 is 15.9 Å². The standard InChI is InChI=1S/C11H16N2O4S/c1-6-8(18(12,15)16)4-7(17-6)10(14)13-9-5-11(9,2)3/h4,9H,5H2,1-3H3,(H,13,14)(H2,12,15,16). The topological polar surface area (TPSA) is 102 Å². The van der Waals surface area contributed by atoms with Crippen LogP contribution in [-0.4, -0.2) is 20.4 Å². The monoisotopic (exact) mass is 272 g/mol. The van der Waals surface area contributed by atoms with Crippen molar-refractivity contribution in [3.63, 3.8) is 0 Å². The van der Waals surface area contributed by atoms with Crippen molar-refractivity contribution in [2.75, 3.05) is 0 Å². The van der Waals surface area contributed by atoms with Crippen molar-refractivity contribution in [2.45, 2.75) is 38.1 Å². The van der Waals surface area contributed by atoms with Gasteiger partial charge in [0.1, 0.15) is 10.7 Å². The van der Waals surface area contributed by atoms with Crippen molar-refractivity contribution in [1.82, 2.24) is 5.32 Å². The molecule has 0 spiro atoms. The van der Waals surface area contributed by atoms with E-state index in [0.717, 1.165) is 12.5 Å². The van der Waals surface area contributed by atoms with Crippen LogP contribution in [0.3, 0.4) is 0 Å². The van der Waals surface area contributed by atoms with Crippen molar-refractivity contribution >= 4 is 15.9 Å². The van der Waals surface area contributed by atoms with Crippen LogP contribution in [0.15, 0.2) is 15.4 Å². The van der Waals surface area contributed by atoms with E-state index in [1.165, 1.54) is 6.92 Å². The zero-order chi connectivity index (χ0) is 13.7. The maximum atomic E-state index is 11.8. The molecule has 0 saturated heterocycles. The Morgan fingerprint density at radius 2 is 2.11 bits per heavy atom. The van der Waals surface area contributed by atoms with Crippen LogP contribution in [0.1, 0.15) is 36.6 Å². The van der Waals surface area contributed by atoms with Crippen molar-refractivity contribution in [3.8, 4) is 0 Å². The summed E-state index contributed by atoms with van der Waals surface area (Å²) in [6.45, 7) is 5.54. The number of sulfonamides is 1. The number of nitrogens with one attached hydrogen (secondary N) is 1. The molecule has 6 nitrogen and oxygen atoms in total. The molecular formula is C11H16N2O4S. The summed E-state index contributed by atoms with van der Waals surface area (Å²) in [6.07, 6.45) is 0.903. The predicted molar refractivity (Wildman–Crippen MR) is 64.5 cm³/mol. The second-order valence-electron chi connectivity index (χ2n) is 5.29. The highest BCUT2D eigenvalue weighted by Gasteiger charge is 2.46. The summed E-state index contributed by atoms with van der Waals surface area (Å²) in [5.41, 5.74) is 0.0973. The first kappa shape index (κ1) is 13.1. The molecule has 1 atom stereocenters. The summed E-state index contributed by atoms with van der Waals surface area (Å²) in [4.78, 5) is 11.7. The SMILES string of the molecule is Cc1oc(C(=O)NC2CC2(C)C)cc1S(N)(=O)=O. The summed E-state index contributed by atoms with van der Waals surface area (Å²) in [5, 5.41) is 7.79. The lowest BCUT2D eigenvalue weighted by Crippen LogP contribution is -2.28. The zero-order valence-electron chi connectivity index (χ0n) is 10.5. The van der Waals surface area contributed by atoms with E-state index in [4.69, 9.17) is 9.56 Å². The number of aryl methyl sites for hydroxylation is 1. The fraction of sp³-hybridized carbons (Fsp3) is 0.545. The molecule has 2 rings (SSSR count). The Labute approximate surface area is 106 Å². The molecule has 1 aliphatic rings. The number of furan rings is 1. The van der Waals surface area contributed by atoms with Crippen LogP contribution < -0.4 is 10.5 Å². The summed E-state index contributed by atoms with van der Waals surface area (Å²) in [7, 11) is -3.86. The maximum Gasteiger partial charge on any atom is 0.287 e. The van der Waals surface area contributed by atoms with Gasteiger partial charge in [-0.05, 0) is 18.8 Å². The van der Waals surface area contributed by atoms with Gasteiger partial charge in [0.05, 0.1) is 0 Å². The molecule has 0 aliphatic heterocycles. The van der Waals surface area contributed by atoms with E-state index in [1.54, 1.807) is 0 Å². The van der Waals surface area contributed by atoms with Gasteiger partial charge in [-0.1, -0.05) is 13.8 Å². The quantitative estimate of drug-likeness (QED) is 0.848. The molecule has 0 aromatic carbocycles. The third kappa shape index (κ3) is 2.41. The van der Waals surface area contributed by atoms with Gasteiger partial charge in [-0.15, -0.1) is 0 Å². The lowest BCUT2D eigenvalue weighted by Gasteiger charge is -2.04. The molecule has 1 amide bonds. The average Bonchev–Trinajstić information content (AvgIpc) is 2.62. The molecule has 0 radical (unpaired) electrons. The molecule has 1 aromatic rings. The number of hydrogen-bond acceptors (Lipinski definition) is 4. The number of primary sulfonamides is 1. The highest BCUT2D eigenvalue weighted by atomic mass is 32.2. The van der Waals surface area contributed by atoms with Gasteiger partial charge >= 0.3 is 0 Å². The summed E-state index contributed by atoms with van der Waals surface area (Å²) < 4.78 is 27.6. The molecule has 1 aromatic heterocycles. The Morgan fingerprint density at radius 1 is 1.56 bits per heavy atom. The Morgan fingerprint density at radius 3 is 2.50 bits per heavy atom. The molecule has 18 heavy (non-hydrogen) atoms. The Balaban J connectivity index is 2.18. The van der Waals surface area contributed by atoms with Crippen LogP contribution in [0, 0.1) is 12.3 Å². The van der Waals surface area contributed by atoms with Crippen LogP contribution >= 0.6 is 0 Å². The fourth-order valence-electron chi connectivity index (χ4n) is 1.80. The van der Waals surface area contributed by atoms with Crippen molar-refractivity contribution in [2.24, 2.45) is 10.6 Å². The van der Waals surface area contributed by atoms with Gasteiger partial charge in [0.25, 0.3) is 5.91 Å². The second-order valence-corrected chi connectivity index (χ2v) is 6.82. The van der Waals surface area contributed by atoms with Gasteiger partial charge < -0.3 is 9.73 Å². The van der Waals surface area contributed by atoms with Crippen LogP contribution in [0.4, 0.5) is 0 Å². The number of nitrogens with two attached hydrogens (primary N) is 1. The number of carbonyl (C=O) groups is 1. The van der Waals surface area contributed by atoms with Crippen molar-refractivity contribution in [3.05, 3.63) is 17.6 Å². The van der Waals surface area contributed by atoms with Gasteiger partial charge in [-0.25, -0.2) is 13.6 Å². The fourth-order valence-corrected chi connectivity index (χ4v) is 2.52. The van der Waals surface area contributed by atoms with Crippen molar-refractivity contribution < 1.29 is 17.6 Å². The molecule has 0 bridgehead atoms. The summed E-state index contributed by atoms with van der Waals surface area (Å²) in [6, 6.07) is 1.27. The van der Waals surface area contributed by atoms with Gasteiger partial charge in [0, 0.05) is 12.1 Å². The molecule has 7 heteroatoms. The second kappa shape index (κ2) is 3.83. The molecule has 1 saturated carbocycles. The smallest absolute Gasteiger partial charge is 0.287 e. The third-order valence-electron chi connectivity index (χ3n) is 3.22. The van der Waals surface area contributed by atoms with Crippen LogP contribution in [0.2, 0.25) is 0 Å². The molecular weight excluding hydrogens is 256 g/mol. The first-order valence-electron chi connectivity index (χ1n) is 5.55. The zero-order valence-corrected chi connectivity index (χ0v) is 11.3. The highest BCUT2D eigenvalue weighted by Crippen LogP contribution is 2.44. The largest absolute Gasteiger partial charge is 0.455 e. The summed E-state index contributed by atoms with van der Waals surface area (Å²) in [5.74, 6) is -0.319. The van der Waals surface area contributed by atoms with Crippen molar-refractivity contribution in [1.29, 1.82) is 0 Å². The van der Waals surface area contributed by atoms with Crippen LogP contribution in [0.5, 0.6) is 0 Å². The predicted octanol–water partition coefficient (Wildman–Crippen LogP) is 0.764. The maximum absolute atomic E-state index is 11.8. The number of carbonyl (C=O) groups excluding carboxylic acids is 1. The molecule has 1 heterocycles. The minimum atomic E-state index is -3.86. The van der Waals surface area contributed by atoms with Gasteiger partial charge in [-0.2, -0.15) is 0 Å². The summed E-state index contributed by atoms with van der Waals surface area (Å²) >= 11 is 0. The van der Waals surface area contributed by atoms with E-state index in [0.29, 0.717) is 0 Å². The van der Waals surface area contributed by atoms with E-state index >= 15 is 0 Å². The Bertz CT molecular complexity index is 601. The van der Waals surface area contributed by atoms with E-state index in [1.807, 2.05) is 13.8 Å². The first-order chi connectivity index (χ1) is 8.11. The minimum Gasteiger partial charge on any atom is -0.455 e. The third-order valence-corrected chi connectivity index (χ3v) is 4.24. The van der Waals surface area contributed by atoms with Gasteiger partial charge in [0.2, 0.25) is 10.0 Å². The van der Waals surface area contributed by atoms with Crippen LogP contribution in [-0.2, 0) is 10.0 Å². The lowest BCUT2D eigenvalue weighted by molar-refractivity contribution is 0.0917. The van der Waals surface area contributed by atoms with E-state index in [9.17, 15) is 13.2 Å². The molecule has 1 unspecified atom stereocenters. The van der Waals surface area contributed by atoms with Gasteiger partial charge in [-0.3, -0.25) is 4.79 Å². The molecule has 1 aliphatic carbocycles.